The van der Waals surface area contributed by atoms with Crippen LogP contribution in [0.2, 0.25) is 0 Å². The van der Waals surface area contributed by atoms with Gasteiger partial charge in [-0.15, -0.1) is 0 Å². The third-order valence-corrected chi connectivity index (χ3v) is 4.57. The van der Waals surface area contributed by atoms with Crippen LogP contribution in [0.3, 0.4) is 0 Å². The third-order valence-electron chi connectivity index (χ3n) is 4.57. The van der Waals surface area contributed by atoms with E-state index in [9.17, 15) is 4.39 Å². The Kier molecular flexibility index (Phi) is 3.92. The van der Waals surface area contributed by atoms with Gasteiger partial charge in [0, 0.05) is 30.2 Å². The summed E-state index contributed by atoms with van der Waals surface area (Å²) in [5, 5.41) is 3.48. The highest BCUT2D eigenvalue weighted by Crippen LogP contribution is 2.33. The summed E-state index contributed by atoms with van der Waals surface area (Å²) >= 11 is 0. The predicted molar refractivity (Wildman–Crippen MR) is 79.3 cm³/mol. The summed E-state index contributed by atoms with van der Waals surface area (Å²) in [5.41, 5.74) is 1.00. The Bertz CT molecular complexity index is 473. The Morgan fingerprint density at radius 2 is 2.15 bits per heavy atom. The minimum Gasteiger partial charge on any atom is -0.351 e. The molecule has 1 saturated heterocycles. The van der Waals surface area contributed by atoms with E-state index in [0.717, 1.165) is 24.3 Å². The fraction of sp³-hybridized carbons (Fsp3) is 0.688. The van der Waals surface area contributed by atoms with Crippen LogP contribution < -0.4 is 10.2 Å². The number of nitrogens with zero attached hydrogens (tertiary/aromatic N) is 2. The van der Waals surface area contributed by atoms with E-state index in [4.69, 9.17) is 0 Å². The van der Waals surface area contributed by atoms with Crippen LogP contribution in [0.5, 0.6) is 0 Å². The Morgan fingerprint density at radius 3 is 2.85 bits per heavy atom. The second-order valence-corrected chi connectivity index (χ2v) is 6.19. The number of halogens is 1. The van der Waals surface area contributed by atoms with Crippen LogP contribution in [0.4, 0.5) is 10.2 Å². The minimum atomic E-state index is -0.235. The molecule has 1 aliphatic carbocycles. The lowest BCUT2D eigenvalue weighted by Crippen LogP contribution is -2.36. The van der Waals surface area contributed by atoms with Crippen molar-refractivity contribution in [1.82, 2.24) is 10.3 Å². The van der Waals surface area contributed by atoms with Crippen LogP contribution in [0.25, 0.3) is 0 Å². The van der Waals surface area contributed by atoms with Gasteiger partial charge in [-0.25, -0.2) is 9.37 Å². The van der Waals surface area contributed by atoms with E-state index in [0.29, 0.717) is 18.1 Å². The number of anilines is 1. The maximum Gasteiger partial charge on any atom is 0.141 e. The predicted octanol–water partition coefficient (Wildman–Crippen LogP) is 3.24. The van der Waals surface area contributed by atoms with Gasteiger partial charge >= 0.3 is 0 Å². The highest BCUT2D eigenvalue weighted by Gasteiger charge is 2.32. The second kappa shape index (κ2) is 5.68. The molecule has 1 saturated carbocycles. The Labute approximate surface area is 120 Å². The average Bonchev–Trinajstić information content (AvgIpc) is 3.20. The minimum absolute atomic E-state index is 0.235. The van der Waals surface area contributed by atoms with Gasteiger partial charge in [0.15, 0.2) is 0 Å². The van der Waals surface area contributed by atoms with Crippen LogP contribution in [0, 0.1) is 5.82 Å². The van der Waals surface area contributed by atoms with Crippen molar-refractivity contribution in [2.75, 3.05) is 4.90 Å². The largest absolute Gasteiger partial charge is 0.351 e. The van der Waals surface area contributed by atoms with Gasteiger partial charge in [-0.05, 0) is 45.1 Å². The fourth-order valence-corrected chi connectivity index (χ4v) is 3.23. The second-order valence-electron chi connectivity index (χ2n) is 6.19. The number of rotatable bonds is 5. The van der Waals surface area contributed by atoms with E-state index >= 15 is 0 Å². The zero-order valence-electron chi connectivity index (χ0n) is 12.4. The van der Waals surface area contributed by atoms with Crippen LogP contribution >= 0.6 is 0 Å². The number of pyridine rings is 1. The first kappa shape index (κ1) is 13.8. The van der Waals surface area contributed by atoms with Crippen molar-refractivity contribution in [2.24, 2.45) is 0 Å². The molecule has 1 aromatic heterocycles. The molecule has 2 unspecified atom stereocenters. The summed E-state index contributed by atoms with van der Waals surface area (Å²) in [6, 6.07) is 3.32. The van der Waals surface area contributed by atoms with E-state index in [1.54, 1.807) is 6.07 Å². The lowest BCUT2D eigenvalue weighted by atomic mass is 10.1. The maximum absolute atomic E-state index is 13.5. The molecule has 2 atom stereocenters. The number of nitrogens with one attached hydrogen (secondary N) is 1. The van der Waals surface area contributed by atoms with Gasteiger partial charge in [0.25, 0.3) is 0 Å². The lowest BCUT2D eigenvalue weighted by molar-refractivity contribution is 0.591. The molecule has 0 bridgehead atoms. The maximum atomic E-state index is 13.5. The zero-order valence-corrected chi connectivity index (χ0v) is 12.4. The molecule has 4 heteroatoms. The molecule has 2 fully saturated rings. The fourth-order valence-electron chi connectivity index (χ4n) is 3.23. The van der Waals surface area contributed by atoms with Crippen LogP contribution in [-0.4, -0.2) is 23.1 Å². The first-order valence-corrected chi connectivity index (χ1v) is 7.85. The van der Waals surface area contributed by atoms with E-state index in [1.165, 1.54) is 31.9 Å². The smallest absolute Gasteiger partial charge is 0.141 e. The molecule has 1 N–H and O–H groups in total. The standard InChI is InChI=1S/C16H24FN3/c1-3-15-7-4-11(2)20(15)16-12(8-13(17)10-19-16)9-18-14-5-6-14/h8,10-11,14-15,18H,3-7,9H2,1-2H3. The summed E-state index contributed by atoms with van der Waals surface area (Å²) < 4.78 is 13.5. The molecule has 110 valence electrons. The molecule has 0 aromatic carbocycles. The summed E-state index contributed by atoms with van der Waals surface area (Å²) in [5.74, 6) is 0.748. The van der Waals surface area contributed by atoms with Gasteiger partial charge < -0.3 is 10.2 Å². The summed E-state index contributed by atoms with van der Waals surface area (Å²) in [4.78, 5) is 6.82. The van der Waals surface area contributed by atoms with Crippen molar-refractivity contribution in [3.8, 4) is 0 Å². The molecule has 0 amide bonds. The number of aromatic nitrogens is 1. The summed E-state index contributed by atoms with van der Waals surface area (Å²) in [7, 11) is 0. The van der Waals surface area contributed by atoms with Gasteiger partial charge in [-0.1, -0.05) is 6.92 Å². The molecule has 1 aliphatic heterocycles. The quantitative estimate of drug-likeness (QED) is 0.895. The zero-order chi connectivity index (χ0) is 14.1. The molecule has 20 heavy (non-hydrogen) atoms. The Hall–Kier alpha value is -1.16. The van der Waals surface area contributed by atoms with Crippen molar-refractivity contribution in [2.45, 2.75) is 70.6 Å². The van der Waals surface area contributed by atoms with Gasteiger partial charge in [0.2, 0.25) is 0 Å². The summed E-state index contributed by atoms with van der Waals surface area (Å²) in [6.45, 7) is 5.20. The van der Waals surface area contributed by atoms with Crippen molar-refractivity contribution in [3.63, 3.8) is 0 Å². The SMILES string of the molecule is CCC1CCC(C)N1c1ncc(F)cc1CNC1CC1. The van der Waals surface area contributed by atoms with E-state index in [2.05, 4.69) is 29.0 Å². The van der Waals surface area contributed by atoms with Crippen LogP contribution in [0.1, 0.15) is 51.5 Å². The van der Waals surface area contributed by atoms with E-state index in [1.807, 2.05) is 0 Å². The van der Waals surface area contributed by atoms with Gasteiger partial charge in [0.1, 0.15) is 11.6 Å². The van der Waals surface area contributed by atoms with Gasteiger partial charge in [-0.3, -0.25) is 0 Å². The average molecular weight is 277 g/mol. The molecule has 0 radical (unpaired) electrons. The van der Waals surface area contributed by atoms with Crippen molar-refractivity contribution < 1.29 is 4.39 Å². The highest BCUT2D eigenvalue weighted by molar-refractivity contribution is 5.50. The van der Waals surface area contributed by atoms with Crippen molar-refractivity contribution in [3.05, 3.63) is 23.6 Å². The van der Waals surface area contributed by atoms with Crippen LogP contribution in [-0.2, 0) is 6.54 Å². The highest BCUT2D eigenvalue weighted by atomic mass is 19.1. The molecular weight excluding hydrogens is 253 g/mol. The van der Waals surface area contributed by atoms with Gasteiger partial charge in [-0.2, -0.15) is 0 Å². The van der Waals surface area contributed by atoms with Gasteiger partial charge in [0.05, 0.1) is 6.20 Å². The monoisotopic (exact) mass is 277 g/mol. The molecular formula is C16H24FN3. The first-order chi connectivity index (χ1) is 9.69. The number of hydrogen-bond donors (Lipinski definition) is 1. The molecule has 1 aromatic rings. The van der Waals surface area contributed by atoms with Crippen molar-refractivity contribution >= 4 is 5.82 Å². The molecule has 2 aliphatic rings. The normalized spacial score (nSPS) is 26.2. The lowest BCUT2D eigenvalue weighted by Gasteiger charge is -2.31. The molecule has 3 nitrogen and oxygen atoms in total. The first-order valence-electron chi connectivity index (χ1n) is 7.85. The van der Waals surface area contributed by atoms with E-state index < -0.39 is 0 Å². The molecule has 2 heterocycles. The Morgan fingerprint density at radius 1 is 1.35 bits per heavy atom. The number of hydrogen-bond acceptors (Lipinski definition) is 3. The topological polar surface area (TPSA) is 28.2 Å². The Balaban J connectivity index is 1.86. The third kappa shape index (κ3) is 2.80. The van der Waals surface area contributed by atoms with Crippen molar-refractivity contribution in [1.29, 1.82) is 0 Å². The van der Waals surface area contributed by atoms with Crippen LogP contribution in [0.15, 0.2) is 12.3 Å². The molecule has 0 spiro atoms. The van der Waals surface area contributed by atoms with E-state index in [-0.39, 0.29) is 5.82 Å². The summed E-state index contributed by atoms with van der Waals surface area (Å²) in [6.07, 6.45) is 7.39. The molecule has 3 rings (SSSR count).